The molecular weight excluding hydrogens is 490 g/mol. The Bertz CT molecular complexity index is 858. The quantitative estimate of drug-likeness (QED) is 0.151. The van der Waals surface area contributed by atoms with E-state index in [0.29, 0.717) is 51.7 Å². The molecule has 1 unspecified atom stereocenters. The number of thiol groups is 1. The molecule has 0 bridgehead atoms. The molecule has 1 amide bonds. The molecule has 1 fully saturated rings. The van der Waals surface area contributed by atoms with E-state index in [1.807, 2.05) is 24.3 Å². The van der Waals surface area contributed by atoms with Gasteiger partial charge in [-0.2, -0.15) is 12.6 Å². The number of nitrogens with one attached hydrogen (secondary N) is 2. The Kier molecular flexibility index (Phi) is 12.5. The standard InChI is InChI=1S/C23H35N5O7S/c29-20(24-13-17-1-3-18(4-2-17)25-16-36)6-5-19(23(34)35)28-11-9-26(14-21(30)31)7-8-27(10-12-28)15-22(32)33/h1-4,19,25,36H,5-16H2,(H,24,29)(H,30,31)(H,32,33)(H,34,35). The first-order chi connectivity index (χ1) is 17.2. The molecule has 1 aliphatic heterocycles. The van der Waals surface area contributed by atoms with Crippen molar-refractivity contribution in [3.63, 3.8) is 0 Å². The summed E-state index contributed by atoms with van der Waals surface area (Å²) in [6.45, 7) is 1.82. The predicted octanol–water partition coefficient (Wildman–Crippen LogP) is -0.0758. The van der Waals surface area contributed by atoms with Crippen LogP contribution in [0.25, 0.3) is 0 Å². The maximum absolute atomic E-state index is 12.4. The van der Waals surface area contributed by atoms with Crippen molar-refractivity contribution in [3.05, 3.63) is 29.8 Å². The fourth-order valence-electron chi connectivity index (χ4n) is 4.02. The lowest BCUT2D eigenvalue weighted by Gasteiger charge is -2.30. The number of carboxylic acids is 3. The van der Waals surface area contributed by atoms with Gasteiger partial charge >= 0.3 is 17.9 Å². The monoisotopic (exact) mass is 525 g/mol. The van der Waals surface area contributed by atoms with E-state index < -0.39 is 23.9 Å². The molecule has 1 aromatic rings. The highest BCUT2D eigenvalue weighted by atomic mass is 32.1. The number of carbonyl (C=O) groups is 4. The van der Waals surface area contributed by atoms with Gasteiger partial charge in [0.2, 0.25) is 5.91 Å². The lowest BCUT2D eigenvalue weighted by atomic mass is 10.1. The number of hydrogen-bond donors (Lipinski definition) is 6. The van der Waals surface area contributed by atoms with Gasteiger partial charge in [-0.25, -0.2) is 0 Å². The Balaban J connectivity index is 1.97. The summed E-state index contributed by atoms with van der Waals surface area (Å²) in [5.41, 5.74) is 1.82. The number of carbonyl (C=O) groups excluding carboxylic acids is 1. The largest absolute Gasteiger partial charge is 0.480 e. The second-order valence-electron chi connectivity index (χ2n) is 8.58. The van der Waals surface area contributed by atoms with Gasteiger partial charge in [0.05, 0.1) is 19.0 Å². The summed E-state index contributed by atoms with van der Waals surface area (Å²) in [5.74, 6) is -2.87. The number of nitrogens with zero attached hydrogens (tertiary/aromatic N) is 3. The van der Waals surface area contributed by atoms with Gasteiger partial charge in [0.1, 0.15) is 6.04 Å². The molecule has 5 N–H and O–H groups in total. The first kappa shape index (κ1) is 29.4. The zero-order chi connectivity index (χ0) is 26.5. The summed E-state index contributed by atoms with van der Waals surface area (Å²) in [7, 11) is 0. The number of benzene rings is 1. The van der Waals surface area contributed by atoms with Crippen LogP contribution >= 0.6 is 12.6 Å². The van der Waals surface area contributed by atoms with E-state index in [1.165, 1.54) is 0 Å². The van der Waals surface area contributed by atoms with Crippen LogP contribution in [-0.4, -0.2) is 118 Å². The van der Waals surface area contributed by atoms with Crippen molar-refractivity contribution in [2.45, 2.75) is 25.4 Å². The highest BCUT2D eigenvalue weighted by molar-refractivity contribution is 7.80. The van der Waals surface area contributed by atoms with Crippen LogP contribution in [0.15, 0.2) is 24.3 Å². The number of anilines is 1. The number of hydrogen-bond acceptors (Lipinski definition) is 9. The Morgan fingerprint density at radius 1 is 0.861 bits per heavy atom. The molecule has 200 valence electrons. The molecule has 1 atom stereocenters. The van der Waals surface area contributed by atoms with Crippen LogP contribution in [0, 0.1) is 0 Å². The molecule has 0 spiro atoms. The minimum Gasteiger partial charge on any atom is -0.480 e. The van der Waals surface area contributed by atoms with Crippen molar-refractivity contribution in [2.24, 2.45) is 0 Å². The van der Waals surface area contributed by atoms with Crippen LogP contribution in [0.4, 0.5) is 5.69 Å². The van der Waals surface area contributed by atoms with E-state index in [0.717, 1.165) is 11.3 Å². The number of aliphatic carboxylic acids is 3. The zero-order valence-corrected chi connectivity index (χ0v) is 21.0. The maximum atomic E-state index is 12.4. The topological polar surface area (TPSA) is 163 Å². The second kappa shape index (κ2) is 15.3. The van der Waals surface area contributed by atoms with Gasteiger partial charge in [0.15, 0.2) is 0 Å². The van der Waals surface area contributed by atoms with Crippen molar-refractivity contribution >= 4 is 42.1 Å². The highest BCUT2D eigenvalue weighted by Gasteiger charge is 2.28. The third kappa shape index (κ3) is 10.8. The Hall–Kier alpha value is -2.87. The van der Waals surface area contributed by atoms with E-state index in [-0.39, 0.29) is 31.8 Å². The highest BCUT2D eigenvalue weighted by Crippen LogP contribution is 2.12. The molecule has 0 radical (unpaired) electrons. The molecule has 0 aromatic heterocycles. The first-order valence-corrected chi connectivity index (χ1v) is 12.4. The van der Waals surface area contributed by atoms with E-state index >= 15 is 0 Å². The van der Waals surface area contributed by atoms with Crippen LogP contribution in [0.3, 0.4) is 0 Å². The number of carboxylic acid groups (broad SMARTS) is 3. The van der Waals surface area contributed by atoms with E-state index in [9.17, 15) is 34.5 Å². The zero-order valence-electron chi connectivity index (χ0n) is 20.1. The van der Waals surface area contributed by atoms with Crippen molar-refractivity contribution in [1.29, 1.82) is 0 Å². The van der Waals surface area contributed by atoms with Gasteiger partial charge in [-0.15, -0.1) is 0 Å². The summed E-state index contributed by atoms with van der Waals surface area (Å²) in [4.78, 5) is 52.0. The molecule has 1 aliphatic rings. The van der Waals surface area contributed by atoms with Crippen LogP contribution in [0.2, 0.25) is 0 Å². The Labute approximate surface area is 215 Å². The lowest BCUT2D eigenvalue weighted by molar-refractivity contribution is -0.144. The van der Waals surface area contributed by atoms with Gasteiger partial charge in [-0.3, -0.25) is 33.9 Å². The minimum atomic E-state index is -1.08. The summed E-state index contributed by atoms with van der Waals surface area (Å²) in [6.07, 6.45) is 0.0776. The number of rotatable bonds is 13. The molecule has 13 heteroatoms. The maximum Gasteiger partial charge on any atom is 0.320 e. The van der Waals surface area contributed by atoms with Crippen molar-refractivity contribution in [1.82, 2.24) is 20.0 Å². The summed E-state index contributed by atoms with van der Waals surface area (Å²) < 4.78 is 0. The predicted molar refractivity (Wildman–Crippen MR) is 136 cm³/mol. The summed E-state index contributed by atoms with van der Waals surface area (Å²) >= 11 is 4.10. The van der Waals surface area contributed by atoms with Gasteiger partial charge in [-0.1, -0.05) is 12.1 Å². The van der Waals surface area contributed by atoms with Crippen molar-refractivity contribution < 1.29 is 34.5 Å². The molecule has 2 rings (SSSR count). The fourth-order valence-corrected chi connectivity index (χ4v) is 4.20. The van der Waals surface area contributed by atoms with Gasteiger partial charge < -0.3 is 26.0 Å². The minimum absolute atomic E-state index is 0.00440. The first-order valence-electron chi connectivity index (χ1n) is 11.7. The molecule has 0 aliphatic carbocycles. The van der Waals surface area contributed by atoms with Crippen LogP contribution in [0.5, 0.6) is 0 Å². The molecule has 1 aromatic carbocycles. The van der Waals surface area contributed by atoms with Gasteiger partial charge in [0.25, 0.3) is 0 Å². The van der Waals surface area contributed by atoms with Crippen LogP contribution < -0.4 is 10.6 Å². The second-order valence-corrected chi connectivity index (χ2v) is 8.89. The van der Waals surface area contributed by atoms with Crippen LogP contribution in [-0.2, 0) is 25.7 Å². The molecule has 36 heavy (non-hydrogen) atoms. The molecule has 1 heterocycles. The van der Waals surface area contributed by atoms with Crippen LogP contribution in [0.1, 0.15) is 18.4 Å². The number of amides is 1. The average molecular weight is 526 g/mol. The van der Waals surface area contributed by atoms with E-state index in [2.05, 4.69) is 23.3 Å². The normalized spacial score (nSPS) is 16.8. The van der Waals surface area contributed by atoms with E-state index in [4.69, 9.17) is 0 Å². The Morgan fingerprint density at radius 2 is 1.39 bits per heavy atom. The van der Waals surface area contributed by atoms with Crippen molar-refractivity contribution in [3.8, 4) is 0 Å². The van der Waals surface area contributed by atoms with Gasteiger partial charge in [0, 0.05) is 57.9 Å². The Morgan fingerprint density at radius 3 is 1.86 bits per heavy atom. The molecular formula is C23H35N5O7S. The summed E-state index contributed by atoms with van der Waals surface area (Å²) in [6, 6.07) is 6.55. The molecule has 1 saturated heterocycles. The van der Waals surface area contributed by atoms with Crippen molar-refractivity contribution in [2.75, 3.05) is 63.6 Å². The fraction of sp³-hybridized carbons (Fsp3) is 0.565. The third-order valence-electron chi connectivity index (χ3n) is 5.95. The van der Waals surface area contributed by atoms with Gasteiger partial charge in [-0.05, 0) is 24.1 Å². The molecule has 12 nitrogen and oxygen atoms in total. The lowest BCUT2D eigenvalue weighted by Crippen LogP contribution is -2.47. The van der Waals surface area contributed by atoms with E-state index in [1.54, 1.807) is 14.7 Å². The smallest absolute Gasteiger partial charge is 0.320 e. The third-order valence-corrected chi connectivity index (χ3v) is 6.11. The molecule has 0 saturated carbocycles. The SMILES string of the molecule is O=C(O)CN1CCN(CC(=O)O)CCN(C(CCC(=O)NCc2ccc(NCS)cc2)C(=O)O)CC1. The average Bonchev–Trinajstić information content (AvgIpc) is 2.90. The summed E-state index contributed by atoms with van der Waals surface area (Å²) in [5, 5.41) is 34.1.